The van der Waals surface area contributed by atoms with E-state index in [-0.39, 0.29) is 11.7 Å². The Balaban J connectivity index is 1.59. The maximum atomic E-state index is 12.0. The summed E-state index contributed by atoms with van der Waals surface area (Å²) in [5.74, 6) is 1.79. The number of fused-ring (bicyclic) bond motifs is 2. The number of rotatable bonds is 2. The van der Waals surface area contributed by atoms with Crippen LogP contribution in [-0.4, -0.2) is 48.4 Å². The molecule has 7 nitrogen and oxygen atoms in total. The summed E-state index contributed by atoms with van der Waals surface area (Å²) in [4.78, 5) is 14.3. The molecular weight excluding hydrogens is 270 g/mol. The Bertz CT molecular complexity index is 737. The van der Waals surface area contributed by atoms with Crippen molar-refractivity contribution in [2.24, 2.45) is 18.9 Å². The fourth-order valence-corrected chi connectivity index (χ4v) is 3.78. The summed E-state index contributed by atoms with van der Waals surface area (Å²) in [7, 11) is 1.71. The van der Waals surface area contributed by atoms with Crippen LogP contribution in [0.5, 0.6) is 0 Å². The van der Waals surface area contributed by atoms with Gasteiger partial charge in [-0.2, -0.15) is 0 Å². The van der Waals surface area contributed by atoms with Gasteiger partial charge in [-0.1, -0.05) is 0 Å². The van der Waals surface area contributed by atoms with E-state index in [1.54, 1.807) is 17.6 Å². The van der Waals surface area contributed by atoms with Gasteiger partial charge in [0.05, 0.1) is 12.6 Å². The predicted octanol–water partition coefficient (Wildman–Crippen LogP) is -0.369. The van der Waals surface area contributed by atoms with Crippen LogP contribution in [0.2, 0.25) is 0 Å². The summed E-state index contributed by atoms with van der Waals surface area (Å²) in [6.07, 6.45) is 5.46. The minimum Gasteiger partial charge on any atom is -0.393 e. The van der Waals surface area contributed by atoms with E-state index in [0.717, 1.165) is 31.8 Å². The van der Waals surface area contributed by atoms with E-state index in [1.165, 1.54) is 4.57 Å². The van der Waals surface area contributed by atoms with Crippen LogP contribution >= 0.6 is 0 Å². The van der Waals surface area contributed by atoms with Crippen molar-refractivity contribution in [3.8, 4) is 0 Å². The molecule has 3 atom stereocenters. The first kappa shape index (κ1) is 13.0. The molecule has 4 rings (SSSR count). The third-order valence-electron chi connectivity index (χ3n) is 4.98. The average molecular weight is 289 g/mol. The Morgan fingerprint density at radius 3 is 2.95 bits per heavy atom. The molecular formula is C14H19N5O2. The second-order valence-corrected chi connectivity index (χ2v) is 6.29. The van der Waals surface area contributed by atoms with E-state index in [0.29, 0.717) is 24.0 Å². The predicted molar refractivity (Wildman–Crippen MR) is 75.7 cm³/mol. The number of aliphatic hydroxyl groups excluding tert-OH is 1. The van der Waals surface area contributed by atoms with Crippen molar-refractivity contribution in [1.82, 2.24) is 24.1 Å². The number of likely N-dealkylation sites (tertiary alicyclic amines) is 1. The van der Waals surface area contributed by atoms with Crippen LogP contribution in [0.15, 0.2) is 17.2 Å². The molecule has 0 bridgehead atoms. The molecule has 0 amide bonds. The number of aromatic nitrogens is 4. The van der Waals surface area contributed by atoms with Gasteiger partial charge in [0.15, 0.2) is 5.82 Å². The Morgan fingerprint density at radius 1 is 1.29 bits per heavy atom. The lowest BCUT2D eigenvalue weighted by atomic mass is 10.00. The van der Waals surface area contributed by atoms with Crippen LogP contribution in [-0.2, 0) is 13.6 Å². The average Bonchev–Trinajstić information content (AvgIpc) is 3.13. The molecule has 1 aliphatic heterocycles. The molecule has 2 fully saturated rings. The fourth-order valence-electron chi connectivity index (χ4n) is 3.78. The molecule has 0 spiro atoms. The fraction of sp³-hybridized carbons (Fsp3) is 0.643. The summed E-state index contributed by atoms with van der Waals surface area (Å²) in [5, 5.41) is 18.2. The van der Waals surface area contributed by atoms with Crippen molar-refractivity contribution in [1.29, 1.82) is 0 Å². The summed E-state index contributed by atoms with van der Waals surface area (Å²) >= 11 is 0. The van der Waals surface area contributed by atoms with Crippen molar-refractivity contribution in [2.75, 3.05) is 13.1 Å². The molecule has 0 aromatic carbocycles. The van der Waals surface area contributed by atoms with Gasteiger partial charge >= 0.3 is 0 Å². The molecule has 3 heterocycles. The highest BCUT2D eigenvalue weighted by atomic mass is 16.3. The topological polar surface area (TPSA) is 75.7 Å². The molecule has 1 N–H and O–H groups in total. The van der Waals surface area contributed by atoms with Crippen molar-refractivity contribution in [2.45, 2.75) is 25.5 Å². The summed E-state index contributed by atoms with van der Waals surface area (Å²) in [6.45, 7) is 2.58. The van der Waals surface area contributed by atoms with Crippen molar-refractivity contribution < 1.29 is 5.11 Å². The molecule has 0 unspecified atom stereocenters. The SMILES string of the molecule is Cn1ccn2c(CN3C[C@@H]4CC[C@H](O)[C@@H]4C3)nnc2c1=O. The number of nitrogens with zero attached hydrogens (tertiary/aromatic N) is 5. The van der Waals surface area contributed by atoms with Gasteiger partial charge in [0.1, 0.15) is 0 Å². The first-order chi connectivity index (χ1) is 10.1. The maximum absolute atomic E-state index is 12.0. The molecule has 0 radical (unpaired) electrons. The van der Waals surface area contributed by atoms with Crippen LogP contribution < -0.4 is 5.56 Å². The van der Waals surface area contributed by atoms with E-state index >= 15 is 0 Å². The Hall–Kier alpha value is -1.73. The van der Waals surface area contributed by atoms with Crippen molar-refractivity contribution in [3.05, 3.63) is 28.6 Å². The smallest absolute Gasteiger partial charge is 0.295 e. The highest BCUT2D eigenvalue weighted by Crippen LogP contribution is 2.38. The van der Waals surface area contributed by atoms with E-state index in [2.05, 4.69) is 15.1 Å². The lowest BCUT2D eigenvalue weighted by molar-refractivity contribution is 0.123. The third kappa shape index (κ3) is 1.99. The number of hydrogen-bond acceptors (Lipinski definition) is 5. The minimum atomic E-state index is -0.151. The van der Waals surface area contributed by atoms with Crippen molar-refractivity contribution >= 4 is 5.65 Å². The second kappa shape index (κ2) is 4.64. The molecule has 2 aromatic rings. The lowest BCUT2D eigenvalue weighted by Gasteiger charge is -2.16. The van der Waals surface area contributed by atoms with Crippen LogP contribution in [0.1, 0.15) is 18.7 Å². The summed E-state index contributed by atoms with van der Waals surface area (Å²) in [5.41, 5.74) is 0.236. The second-order valence-electron chi connectivity index (χ2n) is 6.29. The first-order valence-electron chi connectivity index (χ1n) is 7.43. The van der Waals surface area contributed by atoms with E-state index in [1.807, 2.05) is 6.20 Å². The van der Waals surface area contributed by atoms with Crippen LogP contribution in [0.25, 0.3) is 5.65 Å². The van der Waals surface area contributed by atoms with Crippen LogP contribution in [0.3, 0.4) is 0 Å². The Morgan fingerprint density at radius 2 is 2.14 bits per heavy atom. The maximum Gasteiger partial charge on any atom is 0.295 e. The normalized spacial score (nSPS) is 29.3. The van der Waals surface area contributed by atoms with Gasteiger partial charge in [-0.3, -0.25) is 14.1 Å². The van der Waals surface area contributed by atoms with E-state index < -0.39 is 0 Å². The monoisotopic (exact) mass is 289 g/mol. The summed E-state index contributed by atoms with van der Waals surface area (Å²) < 4.78 is 3.28. The highest BCUT2D eigenvalue weighted by Gasteiger charge is 2.41. The lowest BCUT2D eigenvalue weighted by Crippen LogP contribution is -2.25. The molecule has 1 aliphatic carbocycles. The Labute approximate surface area is 121 Å². The van der Waals surface area contributed by atoms with Crippen LogP contribution in [0.4, 0.5) is 0 Å². The molecule has 2 aromatic heterocycles. The van der Waals surface area contributed by atoms with Crippen molar-refractivity contribution in [3.63, 3.8) is 0 Å². The van der Waals surface area contributed by atoms with Gasteiger partial charge in [-0.25, -0.2) is 0 Å². The molecule has 1 saturated heterocycles. The molecule has 2 aliphatic rings. The summed E-state index contributed by atoms with van der Waals surface area (Å²) in [6, 6.07) is 0. The molecule has 7 heteroatoms. The van der Waals surface area contributed by atoms with Gasteiger partial charge in [0.25, 0.3) is 5.56 Å². The molecule has 112 valence electrons. The standard InChI is InChI=1S/C14H19N5O2/c1-17-4-5-19-12(15-16-13(19)14(17)21)8-18-6-9-2-3-11(20)10(9)7-18/h4-5,9-11,20H,2-3,6-8H2,1H3/t9-,10+,11-/m0/s1. The van der Waals surface area contributed by atoms with Gasteiger partial charge < -0.3 is 9.67 Å². The zero-order valence-electron chi connectivity index (χ0n) is 12.0. The number of hydrogen-bond donors (Lipinski definition) is 1. The largest absolute Gasteiger partial charge is 0.393 e. The van der Waals surface area contributed by atoms with Gasteiger partial charge in [-0.05, 0) is 18.8 Å². The number of aryl methyl sites for hydroxylation is 1. The van der Waals surface area contributed by atoms with Gasteiger partial charge in [0.2, 0.25) is 5.65 Å². The van der Waals surface area contributed by atoms with Gasteiger partial charge in [0, 0.05) is 38.4 Å². The quantitative estimate of drug-likeness (QED) is 0.816. The zero-order chi connectivity index (χ0) is 14.6. The van der Waals surface area contributed by atoms with E-state index in [9.17, 15) is 9.90 Å². The highest BCUT2D eigenvalue weighted by molar-refractivity contribution is 5.34. The first-order valence-corrected chi connectivity index (χ1v) is 7.43. The molecule has 1 saturated carbocycles. The molecule has 21 heavy (non-hydrogen) atoms. The zero-order valence-corrected chi connectivity index (χ0v) is 12.0. The van der Waals surface area contributed by atoms with E-state index in [4.69, 9.17) is 0 Å². The van der Waals surface area contributed by atoms with Crippen LogP contribution in [0, 0.1) is 11.8 Å². The van der Waals surface area contributed by atoms with Gasteiger partial charge in [-0.15, -0.1) is 10.2 Å². The number of aliphatic hydroxyl groups is 1. The minimum absolute atomic E-state index is 0.134. The Kier molecular flexibility index (Phi) is 2.87. The third-order valence-corrected chi connectivity index (χ3v) is 4.98.